The molecular weight excluding hydrogens is 322 g/mol. The van der Waals surface area contributed by atoms with Crippen LogP contribution in [-0.4, -0.2) is 32.7 Å². The molecule has 0 amide bonds. The summed E-state index contributed by atoms with van der Waals surface area (Å²) in [7, 11) is -0.927. The van der Waals surface area contributed by atoms with Gasteiger partial charge in [-0.3, -0.25) is 4.21 Å². The van der Waals surface area contributed by atoms with E-state index in [4.69, 9.17) is 4.74 Å². The predicted octanol–water partition coefficient (Wildman–Crippen LogP) is 2.65. The topological polar surface area (TPSA) is 56.1 Å². The fraction of sp³-hybridized carbons (Fsp3) is 0.500. The molecule has 0 spiro atoms. The van der Waals surface area contributed by atoms with Gasteiger partial charge in [0, 0.05) is 60.1 Å². The quantitative estimate of drug-likeness (QED) is 0.873. The molecule has 1 fully saturated rings. The van der Waals surface area contributed by atoms with Crippen LogP contribution in [0, 0.1) is 0 Å². The Bertz CT molecular complexity index is 684. The summed E-state index contributed by atoms with van der Waals surface area (Å²) in [6.45, 7) is 4.58. The Kier molecular flexibility index (Phi) is 5.81. The first kappa shape index (κ1) is 17.3. The SMILES string of the molecule is CCn1ccnc1[C@H]1OCCC[C@@H]1NCc1ccc(S(C)=O)cc1. The Balaban J connectivity index is 1.67. The molecule has 1 saturated heterocycles. The maximum Gasteiger partial charge on any atom is 0.139 e. The average Bonchev–Trinajstić information content (AvgIpc) is 3.09. The number of hydrogen-bond donors (Lipinski definition) is 1. The van der Waals surface area contributed by atoms with Gasteiger partial charge in [-0.2, -0.15) is 0 Å². The minimum atomic E-state index is -0.927. The van der Waals surface area contributed by atoms with Gasteiger partial charge in [-0.1, -0.05) is 12.1 Å². The van der Waals surface area contributed by atoms with E-state index in [1.807, 2.05) is 36.7 Å². The van der Waals surface area contributed by atoms with E-state index in [1.54, 1.807) is 6.26 Å². The maximum absolute atomic E-state index is 11.5. The molecule has 2 heterocycles. The van der Waals surface area contributed by atoms with Gasteiger partial charge < -0.3 is 14.6 Å². The highest BCUT2D eigenvalue weighted by Gasteiger charge is 2.30. The van der Waals surface area contributed by atoms with Crippen LogP contribution in [0.25, 0.3) is 0 Å². The van der Waals surface area contributed by atoms with Crippen LogP contribution < -0.4 is 5.32 Å². The van der Waals surface area contributed by atoms with Gasteiger partial charge in [-0.05, 0) is 37.5 Å². The van der Waals surface area contributed by atoms with Crippen molar-refractivity contribution in [3.8, 4) is 0 Å². The molecule has 130 valence electrons. The third-order valence-corrected chi connectivity index (χ3v) is 5.42. The van der Waals surface area contributed by atoms with Gasteiger partial charge in [0.1, 0.15) is 11.9 Å². The summed E-state index contributed by atoms with van der Waals surface area (Å²) in [5, 5.41) is 3.62. The first-order valence-corrected chi connectivity index (χ1v) is 10.0. The zero-order valence-corrected chi connectivity index (χ0v) is 15.1. The van der Waals surface area contributed by atoms with E-state index < -0.39 is 10.8 Å². The summed E-state index contributed by atoms with van der Waals surface area (Å²) in [6, 6.07) is 8.20. The smallest absolute Gasteiger partial charge is 0.139 e. The lowest BCUT2D eigenvalue weighted by Gasteiger charge is -2.32. The molecule has 0 bridgehead atoms. The molecule has 6 heteroatoms. The third-order valence-electron chi connectivity index (χ3n) is 4.49. The zero-order chi connectivity index (χ0) is 16.9. The number of aryl methyl sites for hydroxylation is 1. The number of ether oxygens (including phenoxy) is 1. The molecule has 24 heavy (non-hydrogen) atoms. The molecule has 1 aliphatic heterocycles. The largest absolute Gasteiger partial charge is 0.369 e. The van der Waals surface area contributed by atoms with Gasteiger partial charge in [0.15, 0.2) is 0 Å². The number of nitrogens with zero attached hydrogens (tertiary/aromatic N) is 2. The first-order valence-electron chi connectivity index (χ1n) is 8.47. The van der Waals surface area contributed by atoms with Crippen molar-refractivity contribution in [2.45, 2.75) is 49.9 Å². The lowest BCUT2D eigenvalue weighted by atomic mass is 10.0. The third kappa shape index (κ3) is 3.94. The summed E-state index contributed by atoms with van der Waals surface area (Å²) in [5.41, 5.74) is 1.19. The van der Waals surface area contributed by atoms with Crippen molar-refractivity contribution in [2.24, 2.45) is 0 Å². The summed E-state index contributed by atoms with van der Waals surface area (Å²) in [6.07, 6.45) is 7.70. The monoisotopic (exact) mass is 347 g/mol. The molecule has 2 aromatic rings. The average molecular weight is 347 g/mol. The molecule has 0 aliphatic carbocycles. The van der Waals surface area contributed by atoms with Gasteiger partial charge in [0.25, 0.3) is 0 Å². The van der Waals surface area contributed by atoms with Crippen LogP contribution in [0.5, 0.6) is 0 Å². The van der Waals surface area contributed by atoms with Crippen molar-refractivity contribution in [2.75, 3.05) is 12.9 Å². The minimum Gasteiger partial charge on any atom is -0.369 e. The fourth-order valence-electron chi connectivity index (χ4n) is 3.14. The van der Waals surface area contributed by atoms with Crippen molar-refractivity contribution in [1.82, 2.24) is 14.9 Å². The Morgan fingerprint density at radius 3 is 2.88 bits per heavy atom. The Hall–Kier alpha value is -1.50. The van der Waals surface area contributed by atoms with E-state index in [2.05, 4.69) is 21.8 Å². The molecule has 1 unspecified atom stereocenters. The second kappa shape index (κ2) is 8.05. The van der Waals surface area contributed by atoms with Gasteiger partial charge in [-0.25, -0.2) is 4.98 Å². The summed E-state index contributed by atoms with van der Waals surface area (Å²) >= 11 is 0. The summed E-state index contributed by atoms with van der Waals surface area (Å²) in [5.74, 6) is 1.01. The van der Waals surface area contributed by atoms with Crippen molar-refractivity contribution in [1.29, 1.82) is 0 Å². The molecule has 0 saturated carbocycles. The predicted molar refractivity (Wildman–Crippen MR) is 95.2 cm³/mol. The van der Waals surface area contributed by atoms with E-state index in [9.17, 15) is 4.21 Å². The van der Waals surface area contributed by atoms with E-state index in [-0.39, 0.29) is 12.1 Å². The molecule has 3 rings (SSSR count). The number of benzene rings is 1. The second-order valence-electron chi connectivity index (χ2n) is 6.09. The highest BCUT2D eigenvalue weighted by atomic mass is 32.2. The number of aromatic nitrogens is 2. The van der Waals surface area contributed by atoms with Gasteiger partial charge >= 0.3 is 0 Å². The van der Waals surface area contributed by atoms with Crippen LogP contribution in [0.4, 0.5) is 0 Å². The highest BCUT2D eigenvalue weighted by molar-refractivity contribution is 7.84. The van der Waals surface area contributed by atoms with Crippen LogP contribution in [-0.2, 0) is 28.6 Å². The number of imidazole rings is 1. The molecule has 5 nitrogen and oxygen atoms in total. The van der Waals surface area contributed by atoms with E-state index >= 15 is 0 Å². The number of rotatable bonds is 6. The molecule has 1 aliphatic rings. The Labute approximate surface area is 145 Å². The highest BCUT2D eigenvalue weighted by Crippen LogP contribution is 2.27. The van der Waals surface area contributed by atoms with Crippen molar-refractivity contribution in [3.63, 3.8) is 0 Å². The number of nitrogens with one attached hydrogen (secondary N) is 1. The van der Waals surface area contributed by atoms with Gasteiger partial charge in [0.2, 0.25) is 0 Å². The van der Waals surface area contributed by atoms with Crippen molar-refractivity contribution in [3.05, 3.63) is 48.0 Å². The minimum absolute atomic E-state index is 0.00359. The molecule has 1 aromatic heterocycles. The summed E-state index contributed by atoms with van der Waals surface area (Å²) in [4.78, 5) is 5.37. The van der Waals surface area contributed by atoms with Crippen LogP contribution in [0.1, 0.15) is 37.3 Å². The van der Waals surface area contributed by atoms with Crippen LogP contribution in [0.3, 0.4) is 0 Å². The molecule has 1 N–H and O–H groups in total. The Morgan fingerprint density at radius 1 is 1.38 bits per heavy atom. The van der Waals surface area contributed by atoms with Crippen molar-refractivity contribution < 1.29 is 8.95 Å². The second-order valence-corrected chi connectivity index (χ2v) is 7.47. The van der Waals surface area contributed by atoms with Crippen molar-refractivity contribution >= 4 is 10.8 Å². The Morgan fingerprint density at radius 2 is 2.17 bits per heavy atom. The van der Waals surface area contributed by atoms with Crippen LogP contribution in [0.2, 0.25) is 0 Å². The molecule has 1 aromatic carbocycles. The molecule has 3 atom stereocenters. The van der Waals surface area contributed by atoms with Gasteiger partial charge in [0.05, 0.1) is 0 Å². The van der Waals surface area contributed by atoms with E-state index in [1.165, 1.54) is 5.56 Å². The van der Waals surface area contributed by atoms with E-state index in [0.717, 1.165) is 43.3 Å². The lowest BCUT2D eigenvalue weighted by Crippen LogP contribution is -2.40. The zero-order valence-electron chi connectivity index (χ0n) is 14.3. The van der Waals surface area contributed by atoms with Gasteiger partial charge in [-0.15, -0.1) is 0 Å². The molecular formula is C18H25N3O2S. The fourth-order valence-corrected chi connectivity index (χ4v) is 3.66. The van der Waals surface area contributed by atoms with Crippen LogP contribution >= 0.6 is 0 Å². The lowest BCUT2D eigenvalue weighted by molar-refractivity contribution is -0.0182. The normalized spacial score (nSPS) is 22.4. The number of hydrogen-bond acceptors (Lipinski definition) is 4. The maximum atomic E-state index is 11.5. The first-order chi connectivity index (χ1) is 11.7. The van der Waals surface area contributed by atoms with Crippen LogP contribution in [0.15, 0.2) is 41.6 Å². The summed E-state index contributed by atoms with van der Waals surface area (Å²) < 4.78 is 19.6. The molecule has 0 radical (unpaired) electrons. The van der Waals surface area contributed by atoms with E-state index in [0.29, 0.717) is 0 Å². The standard InChI is InChI=1S/C18H25N3O2S/c1-3-21-11-10-19-18(21)17-16(5-4-12-23-17)20-13-14-6-8-15(9-7-14)24(2)22/h6-11,16-17,20H,3-5,12-13H2,1-2H3/t16-,17-,24?/m0/s1.